The van der Waals surface area contributed by atoms with Crippen molar-refractivity contribution in [2.24, 2.45) is 0 Å². The summed E-state index contributed by atoms with van der Waals surface area (Å²) in [5.41, 5.74) is 1.19. The van der Waals surface area contributed by atoms with Gasteiger partial charge in [-0.3, -0.25) is 4.79 Å². The maximum absolute atomic E-state index is 12.0. The maximum atomic E-state index is 12.0. The molecule has 1 aromatic rings. The van der Waals surface area contributed by atoms with E-state index in [9.17, 15) is 9.59 Å². The summed E-state index contributed by atoms with van der Waals surface area (Å²) in [6.07, 6.45) is 1.04. The third-order valence-electron chi connectivity index (χ3n) is 2.92. The molecule has 1 heterocycles. The van der Waals surface area contributed by atoms with Crippen LogP contribution in [0.1, 0.15) is 12.5 Å². The van der Waals surface area contributed by atoms with Crippen molar-refractivity contribution in [3.05, 3.63) is 47.2 Å². The number of ketones is 1. The number of hydrogen-bond donors (Lipinski definition) is 0. The van der Waals surface area contributed by atoms with Gasteiger partial charge in [0.05, 0.1) is 20.3 Å². The van der Waals surface area contributed by atoms with Gasteiger partial charge in [-0.1, -0.05) is 0 Å². The van der Waals surface area contributed by atoms with E-state index in [2.05, 4.69) is 4.74 Å². The van der Waals surface area contributed by atoms with Crippen molar-refractivity contribution in [3.63, 3.8) is 0 Å². The Morgan fingerprint density at radius 1 is 1.20 bits per heavy atom. The van der Waals surface area contributed by atoms with E-state index < -0.39 is 5.97 Å². The summed E-state index contributed by atoms with van der Waals surface area (Å²) in [4.78, 5) is 23.2. The van der Waals surface area contributed by atoms with Gasteiger partial charge in [0.15, 0.2) is 5.76 Å². The second-order valence-electron chi connectivity index (χ2n) is 4.15. The lowest BCUT2D eigenvalue weighted by molar-refractivity contribution is -0.135. The van der Waals surface area contributed by atoms with Gasteiger partial charge in [0.1, 0.15) is 11.5 Å². The fraction of sp³-hybridized carbons (Fsp3) is 0.200. The molecule has 0 unspecified atom stereocenters. The molecule has 0 atom stereocenters. The SMILES string of the molecule is COC(=O)/C=C1/OC(c2ccc(OC)cc2)=C(C)C1=O. The molecule has 0 aromatic heterocycles. The number of allylic oxidation sites excluding steroid dienone is 1. The van der Waals surface area contributed by atoms with Gasteiger partial charge in [0.25, 0.3) is 0 Å². The van der Waals surface area contributed by atoms with Crippen LogP contribution in [0.15, 0.2) is 41.7 Å². The predicted molar refractivity (Wildman–Crippen MR) is 71.8 cm³/mol. The van der Waals surface area contributed by atoms with Crippen LogP contribution in [0, 0.1) is 0 Å². The first kappa shape index (κ1) is 13.9. The molecule has 2 rings (SSSR count). The molecule has 0 saturated heterocycles. The number of carbonyl (C=O) groups excluding carboxylic acids is 2. The smallest absolute Gasteiger partial charge is 0.334 e. The Morgan fingerprint density at radius 3 is 2.40 bits per heavy atom. The van der Waals surface area contributed by atoms with E-state index in [1.807, 2.05) is 0 Å². The molecule has 5 heteroatoms. The van der Waals surface area contributed by atoms with Crippen LogP contribution in [0.4, 0.5) is 0 Å². The Bertz CT molecular complexity index is 608. The molecule has 0 bridgehead atoms. The lowest BCUT2D eigenvalue weighted by atomic mass is 10.1. The first-order valence-corrected chi connectivity index (χ1v) is 5.94. The van der Waals surface area contributed by atoms with Gasteiger partial charge in [-0.25, -0.2) is 4.79 Å². The number of ether oxygens (including phenoxy) is 3. The highest BCUT2D eigenvalue weighted by atomic mass is 16.5. The van der Waals surface area contributed by atoms with Crippen LogP contribution >= 0.6 is 0 Å². The minimum Gasteiger partial charge on any atom is -0.497 e. The van der Waals surface area contributed by atoms with Gasteiger partial charge >= 0.3 is 5.97 Å². The third-order valence-corrected chi connectivity index (χ3v) is 2.92. The number of benzene rings is 1. The van der Waals surface area contributed by atoms with Crippen molar-refractivity contribution in [3.8, 4) is 5.75 Å². The van der Waals surface area contributed by atoms with Crippen molar-refractivity contribution in [1.29, 1.82) is 0 Å². The highest BCUT2D eigenvalue weighted by molar-refractivity contribution is 6.16. The first-order valence-electron chi connectivity index (χ1n) is 5.94. The van der Waals surface area contributed by atoms with Crippen LogP contribution in [0.2, 0.25) is 0 Å². The number of Topliss-reactive ketones (excluding diaryl/α,β-unsaturated/α-hetero) is 1. The Balaban J connectivity index is 2.31. The van der Waals surface area contributed by atoms with Gasteiger partial charge in [-0.2, -0.15) is 0 Å². The van der Waals surface area contributed by atoms with Crippen molar-refractivity contribution in [2.45, 2.75) is 6.92 Å². The number of carbonyl (C=O) groups is 2. The van der Waals surface area contributed by atoms with Crippen molar-refractivity contribution < 1.29 is 23.8 Å². The number of esters is 1. The minimum absolute atomic E-state index is 0.0276. The normalized spacial score (nSPS) is 16.4. The van der Waals surface area contributed by atoms with Gasteiger partial charge in [0, 0.05) is 11.1 Å². The van der Waals surface area contributed by atoms with E-state index in [0.717, 1.165) is 11.6 Å². The fourth-order valence-electron chi connectivity index (χ4n) is 1.80. The third kappa shape index (κ3) is 2.56. The van der Waals surface area contributed by atoms with E-state index in [0.29, 0.717) is 17.1 Å². The average Bonchev–Trinajstić information content (AvgIpc) is 2.75. The molecule has 1 aromatic carbocycles. The lowest BCUT2D eigenvalue weighted by Gasteiger charge is -2.05. The minimum atomic E-state index is -0.628. The van der Waals surface area contributed by atoms with Crippen molar-refractivity contribution in [1.82, 2.24) is 0 Å². The van der Waals surface area contributed by atoms with Gasteiger partial charge < -0.3 is 14.2 Å². The van der Waals surface area contributed by atoms with E-state index in [1.165, 1.54) is 7.11 Å². The molecule has 0 N–H and O–H groups in total. The molecule has 0 radical (unpaired) electrons. The summed E-state index contributed by atoms with van der Waals surface area (Å²) in [5.74, 6) is 0.174. The van der Waals surface area contributed by atoms with E-state index >= 15 is 0 Å². The lowest BCUT2D eigenvalue weighted by Crippen LogP contribution is -2.03. The average molecular weight is 274 g/mol. The molecule has 0 amide bonds. The van der Waals surface area contributed by atoms with Gasteiger partial charge in [-0.05, 0) is 31.2 Å². The number of methoxy groups -OCH3 is 2. The fourth-order valence-corrected chi connectivity index (χ4v) is 1.80. The molecule has 104 valence electrons. The highest BCUT2D eigenvalue weighted by Crippen LogP contribution is 2.32. The Hall–Kier alpha value is -2.56. The number of hydrogen-bond acceptors (Lipinski definition) is 5. The second-order valence-corrected chi connectivity index (χ2v) is 4.15. The quantitative estimate of drug-likeness (QED) is 0.624. The van der Waals surface area contributed by atoms with Crippen LogP contribution in [0.5, 0.6) is 5.75 Å². The van der Waals surface area contributed by atoms with E-state index in [4.69, 9.17) is 9.47 Å². The standard InChI is InChI=1S/C15H14O5/c1-9-14(17)12(8-13(16)19-3)20-15(9)10-4-6-11(18-2)7-5-10/h4-8H,1-3H3/b12-8+. The summed E-state index contributed by atoms with van der Waals surface area (Å²) in [7, 11) is 2.82. The number of rotatable bonds is 3. The van der Waals surface area contributed by atoms with Crippen LogP contribution in [-0.4, -0.2) is 26.0 Å². The maximum Gasteiger partial charge on any atom is 0.334 e. The molecule has 0 aliphatic carbocycles. The summed E-state index contributed by atoms with van der Waals surface area (Å²) < 4.78 is 15.0. The van der Waals surface area contributed by atoms with Crippen molar-refractivity contribution >= 4 is 17.5 Å². The molecule has 1 aliphatic rings. The van der Waals surface area contributed by atoms with Crippen LogP contribution < -0.4 is 4.74 Å². The van der Waals surface area contributed by atoms with Crippen LogP contribution in [-0.2, 0) is 19.1 Å². The van der Waals surface area contributed by atoms with Gasteiger partial charge in [-0.15, -0.1) is 0 Å². The Labute approximate surface area is 116 Å². The Morgan fingerprint density at radius 2 is 1.85 bits per heavy atom. The summed E-state index contributed by atoms with van der Waals surface area (Å²) >= 11 is 0. The molecule has 1 aliphatic heterocycles. The van der Waals surface area contributed by atoms with E-state index in [-0.39, 0.29) is 11.5 Å². The largest absolute Gasteiger partial charge is 0.497 e. The Kier molecular flexibility index (Phi) is 3.89. The zero-order valence-electron chi connectivity index (χ0n) is 11.4. The molecule has 5 nitrogen and oxygen atoms in total. The van der Waals surface area contributed by atoms with E-state index in [1.54, 1.807) is 38.3 Å². The molecule has 0 saturated carbocycles. The van der Waals surface area contributed by atoms with Gasteiger partial charge in [0.2, 0.25) is 5.78 Å². The van der Waals surface area contributed by atoms with Crippen LogP contribution in [0.3, 0.4) is 0 Å². The molecule has 20 heavy (non-hydrogen) atoms. The van der Waals surface area contributed by atoms with Crippen LogP contribution in [0.25, 0.3) is 5.76 Å². The summed E-state index contributed by atoms with van der Waals surface area (Å²) in [5, 5.41) is 0. The molecular formula is C15H14O5. The molecule has 0 spiro atoms. The monoisotopic (exact) mass is 274 g/mol. The molecular weight excluding hydrogens is 260 g/mol. The molecule has 0 fully saturated rings. The summed E-state index contributed by atoms with van der Waals surface area (Å²) in [6, 6.07) is 7.11. The topological polar surface area (TPSA) is 61.8 Å². The first-order chi connectivity index (χ1) is 9.56. The summed E-state index contributed by atoms with van der Waals surface area (Å²) in [6.45, 7) is 1.65. The second kappa shape index (κ2) is 5.61. The zero-order valence-corrected chi connectivity index (χ0v) is 11.4. The predicted octanol–water partition coefficient (Wildman–Crippen LogP) is 2.08. The zero-order chi connectivity index (χ0) is 14.7. The highest BCUT2D eigenvalue weighted by Gasteiger charge is 2.29. The van der Waals surface area contributed by atoms with Crippen molar-refractivity contribution in [2.75, 3.05) is 14.2 Å².